The summed E-state index contributed by atoms with van der Waals surface area (Å²) in [5.41, 5.74) is 0.592. The predicted molar refractivity (Wildman–Crippen MR) is 81.9 cm³/mol. The molecule has 21 heavy (non-hydrogen) atoms. The molecule has 0 bridgehead atoms. The highest BCUT2D eigenvalue weighted by Gasteiger charge is 2.14. The number of likely N-dealkylation sites (N-methyl/N-ethyl adjacent to an activating group) is 1. The largest absolute Gasteiger partial charge is 0.484 e. The number of carbonyl (C=O) groups is 1. The van der Waals surface area contributed by atoms with Gasteiger partial charge < -0.3 is 15.0 Å². The SMILES string of the molecule is CCNC(C)c1ccc(OCC(=O)N(C)C(C)C)cc1F. The van der Waals surface area contributed by atoms with E-state index in [0.29, 0.717) is 11.3 Å². The number of ether oxygens (including phenoxy) is 1. The lowest BCUT2D eigenvalue weighted by atomic mass is 10.1. The molecule has 0 fully saturated rings. The van der Waals surface area contributed by atoms with E-state index in [1.165, 1.54) is 6.07 Å². The molecule has 0 saturated carbocycles. The number of halogens is 1. The Morgan fingerprint density at radius 3 is 2.57 bits per heavy atom. The molecule has 1 aromatic carbocycles. The van der Waals surface area contributed by atoms with Gasteiger partial charge in [-0.15, -0.1) is 0 Å². The van der Waals surface area contributed by atoms with Gasteiger partial charge in [0.15, 0.2) is 6.61 Å². The summed E-state index contributed by atoms with van der Waals surface area (Å²) in [6, 6.07) is 4.76. The average Bonchev–Trinajstić information content (AvgIpc) is 2.44. The van der Waals surface area contributed by atoms with Gasteiger partial charge in [0, 0.05) is 30.8 Å². The zero-order valence-corrected chi connectivity index (χ0v) is 13.4. The number of nitrogens with zero attached hydrogens (tertiary/aromatic N) is 1. The van der Waals surface area contributed by atoms with Crippen molar-refractivity contribution in [1.82, 2.24) is 10.2 Å². The molecule has 0 saturated heterocycles. The monoisotopic (exact) mass is 296 g/mol. The van der Waals surface area contributed by atoms with Gasteiger partial charge in [-0.05, 0) is 33.4 Å². The molecule has 1 N–H and O–H groups in total. The molecule has 1 rings (SSSR count). The first-order chi connectivity index (χ1) is 9.86. The van der Waals surface area contributed by atoms with Crippen LogP contribution in [0.2, 0.25) is 0 Å². The molecular formula is C16H25FN2O2. The van der Waals surface area contributed by atoms with Crippen LogP contribution in [0.3, 0.4) is 0 Å². The fraction of sp³-hybridized carbons (Fsp3) is 0.562. The Labute approximate surface area is 126 Å². The number of benzene rings is 1. The van der Waals surface area contributed by atoms with Crippen LogP contribution in [0.15, 0.2) is 18.2 Å². The first-order valence-corrected chi connectivity index (χ1v) is 7.28. The molecule has 0 radical (unpaired) electrons. The molecule has 1 aromatic rings. The fourth-order valence-electron chi connectivity index (χ4n) is 1.90. The molecular weight excluding hydrogens is 271 g/mol. The molecule has 4 nitrogen and oxygen atoms in total. The quantitative estimate of drug-likeness (QED) is 0.841. The van der Waals surface area contributed by atoms with Crippen LogP contribution in [0.4, 0.5) is 4.39 Å². The van der Waals surface area contributed by atoms with Crippen molar-refractivity contribution < 1.29 is 13.9 Å². The van der Waals surface area contributed by atoms with Gasteiger partial charge in [0.05, 0.1) is 0 Å². The number of amides is 1. The van der Waals surface area contributed by atoms with Crippen molar-refractivity contribution in [3.63, 3.8) is 0 Å². The van der Waals surface area contributed by atoms with Crippen LogP contribution in [-0.2, 0) is 4.79 Å². The number of carbonyl (C=O) groups excluding carboxylic acids is 1. The van der Waals surface area contributed by atoms with E-state index in [1.54, 1.807) is 24.1 Å². The van der Waals surface area contributed by atoms with E-state index in [-0.39, 0.29) is 30.4 Å². The van der Waals surface area contributed by atoms with E-state index >= 15 is 0 Å². The van der Waals surface area contributed by atoms with Crippen LogP contribution >= 0.6 is 0 Å². The normalized spacial score (nSPS) is 12.3. The van der Waals surface area contributed by atoms with Crippen LogP contribution in [0.5, 0.6) is 5.75 Å². The minimum Gasteiger partial charge on any atom is -0.484 e. The smallest absolute Gasteiger partial charge is 0.260 e. The highest BCUT2D eigenvalue weighted by molar-refractivity contribution is 5.77. The second kappa shape index (κ2) is 7.98. The first kappa shape index (κ1) is 17.4. The average molecular weight is 296 g/mol. The Morgan fingerprint density at radius 1 is 1.38 bits per heavy atom. The third-order valence-electron chi connectivity index (χ3n) is 3.48. The first-order valence-electron chi connectivity index (χ1n) is 7.28. The molecule has 1 unspecified atom stereocenters. The van der Waals surface area contributed by atoms with Crippen LogP contribution in [0, 0.1) is 5.82 Å². The molecule has 0 aliphatic heterocycles. The standard InChI is InChI=1S/C16H25FN2O2/c1-6-18-12(4)14-8-7-13(9-15(14)17)21-10-16(20)19(5)11(2)3/h7-9,11-12,18H,6,10H2,1-5H3. The van der Waals surface area contributed by atoms with E-state index in [0.717, 1.165) is 6.54 Å². The molecule has 0 aromatic heterocycles. The molecule has 1 atom stereocenters. The summed E-state index contributed by atoms with van der Waals surface area (Å²) in [6.45, 7) is 8.42. The summed E-state index contributed by atoms with van der Waals surface area (Å²) in [4.78, 5) is 13.4. The zero-order valence-electron chi connectivity index (χ0n) is 13.4. The van der Waals surface area contributed by atoms with Crippen LogP contribution in [0.1, 0.15) is 39.3 Å². The number of nitrogens with one attached hydrogen (secondary N) is 1. The molecule has 0 aliphatic rings. The minimum absolute atomic E-state index is 0.0576. The van der Waals surface area contributed by atoms with Gasteiger partial charge in [-0.25, -0.2) is 4.39 Å². The summed E-state index contributed by atoms with van der Waals surface area (Å²) < 4.78 is 19.4. The van der Waals surface area contributed by atoms with Gasteiger partial charge in [0.1, 0.15) is 11.6 Å². The van der Waals surface area contributed by atoms with E-state index in [2.05, 4.69) is 5.32 Å². The van der Waals surface area contributed by atoms with Crippen molar-refractivity contribution in [1.29, 1.82) is 0 Å². The van der Waals surface area contributed by atoms with E-state index in [1.807, 2.05) is 27.7 Å². The third-order valence-corrected chi connectivity index (χ3v) is 3.48. The minimum atomic E-state index is -0.328. The molecule has 0 spiro atoms. The van der Waals surface area contributed by atoms with E-state index in [4.69, 9.17) is 4.74 Å². The number of hydrogen-bond acceptors (Lipinski definition) is 3. The molecule has 0 heterocycles. The highest BCUT2D eigenvalue weighted by atomic mass is 19.1. The molecule has 1 amide bonds. The van der Waals surface area contributed by atoms with Crippen LogP contribution in [-0.4, -0.2) is 37.0 Å². The van der Waals surface area contributed by atoms with Crippen molar-refractivity contribution in [3.8, 4) is 5.75 Å². The maximum absolute atomic E-state index is 14.0. The Kier molecular flexibility index (Phi) is 6.62. The topological polar surface area (TPSA) is 41.6 Å². The van der Waals surface area contributed by atoms with Crippen LogP contribution in [0.25, 0.3) is 0 Å². The lowest BCUT2D eigenvalue weighted by Crippen LogP contribution is -2.36. The number of hydrogen-bond donors (Lipinski definition) is 1. The molecule has 0 aliphatic carbocycles. The van der Waals surface area contributed by atoms with Gasteiger partial charge in [-0.3, -0.25) is 4.79 Å². The van der Waals surface area contributed by atoms with Gasteiger partial charge in [0.2, 0.25) is 0 Å². The van der Waals surface area contributed by atoms with Crippen molar-refractivity contribution >= 4 is 5.91 Å². The van der Waals surface area contributed by atoms with Gasteiger partial charge in [-0.2, -0.15) is 0 Å². The second-order valence-corrected chi connectivity index (χ2v) is 5.35. The van der Waals surface area contributed by atoms with Crippen molar-refractivity contribution in [2.24, 2.45) is 0 Å². The summed E-state index contributed by atoms with van der Waals surface area (Å²) in [5, 5.41) is 3.16. The maximum atomic E-state index is 14.0. The maximum Gasteiger partial charge on any atom is 0.260 e. The lowest BCUT2D eigenvalue weighted by Gasteiger charge is -2.21. The summed E-state index contributed by atoms with van der Waals surface area (Å²) in [7, 11) is 1.72. The van der Waals surface area contributed by atoms with Crippen molar-refractivity contribution in [2.45, 2.75) is 39.8 Å². The number of rotatable bonds is 7. The Bertz CT molecular complexity index is 477. The Hall–Kier alpha value is -1.62. The lowest BCUT2D eigenvalue weighted by molar-refractivity contribution is -0.133. The third kappa shape index (κ3) is 5.01. The van der Waals surface area contributed by atoms with Gasteiger partial charge in [-0.1, -0.05) is 13.0 Å². The van der Waals surface area contributed by atoms with E-state index < -0.39 is 0 Å². The molecule has 5 heteroatoms. The zero-order chi connectivity index (χ0) is 16.0. The summed E-state index contributed by atoms with van der Waals surface area (Å²) in [6.07, 6.45) is 0. The predicted octanol–water partition coefficient (Wildman–Crippen LogP) is 2.74. The fourth-order valence-corrected chi connectivity index (χ4v) is 1.90. The summed E-state index contributed by atoms with van der Waals surface area (Å²) >= 11 is 0. The highest BCUT2D eigenvalue weighted by Crippen LogP contribution is 2.21. The Balaban J connectivity index is 2.66. The van der Waals surface area contributed by atoms with Crippen molar-refractivity contribution in [2.75, 3.05) is 20.2 Å². The van der Waals surface area contributed by atoms with E-state index in [9.17, 15) is 9.18 Å². The van der Waals surface area contributed by atoms with Gasteiger partial charge >= 0.3 is 0 Å². The molecule has 118 valence electrons. The Morgan fingerprint density at radius 2 is 2.05 bits per heavy atom. The second-order valence-electron chi connectivity index (χ2n) is 5.35. The van der Waals surface area contributed by atoms with Gasteiger partial charge in [0.25, 0.3) is 5.91 Å². The van der Waals surface area contributed by atoms with Crippen LogP contribution < -0.4 is 10.1 Å². The summed E-state index contributed by atoms with van der Waals surface area (Å²) in [5.74, 6) is -0.0911. The van der Waals surface area contributed by atoms with Crippen molar-refractivity contribution in [3.05, 3.63) is 29.6 Å².